The molecular formula is C24H21O5PRh. The van der Waals surface area contributed by atoms with Crippen molar-refractivity contribution in [2.75, 3.05) is 0 Å². The molecule has 0 fully saturated rings. The number of esters is 1. The Morgan fingerprint density at radius 1 is 0.677 bits per heavy atom. The van der Waals surface area contributed by atoms with Gasteiger partial charge in [-0.15, -0.1) is 0 Å². The molecule has 3 aromatic rings. The average molecular weight is 523 g/mol. The topological polar surface area (TPSA) is 77.5 Å². The van der Waals surface area contributed by atoms with E-state index in [1.807, 2.05) is 91.0 Å². The van der Waals surface area contributed by atoms with Gasteiger partial charge in [-0.1, -0.05) is 0 Å². The largest absolute Gasteiger partial charge is 0 e. The maximum atomic E-state index is 13.6. The van der Waals surface area contributed by atoms with Crippen LogP contribution in [0.25, 0.3) is 0 Å². The van der Waals surface area contributed by atoms with E-state index in [0.29, 0.717) is 0 Å². The Bertz CT molecular complexity index is 972. The van der Waals surface area contributed by atoms with E-state index in [1.54, 1.807) is 0 Å². The molecular weight excluding hydrogens is 502 g/mol. The van der Waals surface area contributed by atoms with E-state index in [9.17, 15) is 19.2 Å². The van der Waals surface area contributed by atoms with Crippen molar-refractivity contribution in [3.8, 4) is 0 Å². The van der Waals surface area contributed by atoms with Crippen LogP contribution in [0.3, 0.4) is 0 Å². The summed E-state index contributed by atoms with van der Waals surface area (Å²) in [5.41, 5.74) is -0.770. The third-order valence-electron chi connectivity index (χ3n) is 4.75. The number of hydrogen-bond acceptors (Lipinski definition) is 5. The van der Waals surface area contributed by atoms with E-state index in [1.165, 1.54) is 6.92 Å². The predicted octanol–water partition coefficient (Wildman–Crippen LogP) is 2.92. The molecule has 0 bridgehead atoms. The zero-order valence-electron chi connectivity index (χ0n) is 16.7. The third-order valence-corrected chi connectivity index (χ3v) is 9.06. The zero-order chi connectivity index (χ0) is 21.6. The second kappa shape index (κ2) is 11.0. The average Bonchev–Trinajstić information content (AvgIpc) is 2.76. The second-order valence-electron chi connectivity index (χ2n) is 6.83. The maximum Gasteiger partial charge on any atom is 0 e. The van der Waals surface area contributed by atoms with Crippen LogP contribution in [0, 0.1) is 0 Å². The minimum Gasteiger partial charge on any atom is 0 e. The van der Waals surface area contributed by atoms with Crippen molar-refractivity contribution < 1.29 is 43.4 Å². The van der Waals surface area contributed by atoms with Crippen LogP contribution >= 0.6 is 7.26 Å². The van der Waals surface area contributed by atoms with Crippen molar-refractivity contribution in [3.63, 3.8) is 0 Å². The molecule has 161 valence electrons. The summed E-state index contributed by atoms with van der Waals surface area (Å²) in [6.45, 7) is 1.20. The first-order valence-corrected chi connectivity index (χ1v) is 11.4. The second-order valence-corrected chi connectivity index (χ2v) is 10.5. The molecule has 0 aliphatic carbocycles. The molecule has 0 spiro atoms. The summed E-state index contributed by atoms with van der Waals surface area (Å²) in [6.07, 6.45) is -0.595. The standard InChI is InChI=1S/C24H21O5P.Rh/c1-18(25)17-22(26)23(27)29-24(28)30(19-11-5-2-6-12-19,20-13-7-3-8-14-20)21-15-9-4-10-16-21;/h2-16,30H,17H2,1H3;. The maximum absolute atomic E-state index is 13.6. The first kappa shape index (κ1) is 24.5. The quantitative estimate of drug-likeness (QED) is 0.157. The number of carbonyl (C=O) groups excluding carboxylic acids is 4. The van der Waals surface area contributed by atoms with Gasteiger partial charge in [0.05, 0.1) is 0 Å². The molecule has 0 atom stereocenters. The Morgan fingerprint density at radius 3 is 1.35 bits per heavy atom. The van der Waals surface area contributed by atoms with Crippen molar-refractivity contribution in [1.29, 1.82) is 0 Å². The van der Waals surface area contributed by atoms with Crippen LogP contribution in [0.1, 0.15) is 13.3 Å². The molecule has 5 nitrogen and oxygen atoms in total. The van der Waals surface area contributed by atoms with E-state index in [2.05, 4.69) is 0 Å². The number of ketones is 2. The SMILES string of the molecule is CC(=O)CC(=O)C(=O)OC(=O)[PH](c1ccccc1)(c1ccccc1)c1ccccc1.[Rh]. The van der Waals surface area contributed by atoms with Gasteiger partial charge in [0.1, 0.15) is 0 Å². The Kier molecular flexibility index (Phi) is 8.68. The molecule has 0 aromatic heterocycles. The molecule has 0 N–H and O–H groups in total. The minimum atomic E-state index is -3.49. The van der Waals surface area contributed by atoms with Crippen LogP contribution in [0.2, 0.25) is 0 Å². The van der Waals surface area contributed by atoms with Crippen LogP contribution in [0.5, 0.6) is 0 Å². The molecule has 7 heteroatoms. The fraction of sp³-hybridized carbons (Fsp3) is 0.0833. The van der Waals surface area contributed by atoms with E-state index in [0.717, 1.165) is 15.9 Å². The molecule has 0 amide bonds. The summed E-state index contributed by atoms with van der Waals surface area (Å²) in [5, 5.41) is 2.16. The van der Waals surface area contributed by atoms with Crippen LogP contribution in [0.15, 0.2) is 91.0 Å². The monoisotopic (exact) mass is 523 g/mol. The summed E-state index contributed by atoms with van der Waals surface area (Å²) in [7, 11) is -3.49. The van der Waals surface area contributed by atoms with E-state index < -0.39 is 36.9 Å². The molecule has 0 heterocycles. The number of carbonyl (C=O) groups is 4. The van der Waals surface area contributed by atoms with Gasteiger partial charge >= 0.3 is 175 Å². The molecule has 0 aliphatic rings. The van der Waals surface area contributed by atoms with Crippen molar-refractivity contribution in [2.45, 2.75) is 13.3 Å². The van der Waals surface area contributed by atoms with Gasteiger partial charge in [-0.25, -0.2) is 0 Å². The molecule has 0 saturated heterocycles. The van der Waals surface area contributed by atoms with Gasteiger partial charge < -0.3 is 0 Å². The minimum absolute atomic E-state index is 0. The van der Waals surface area contributed by atoms with Crippen LogP contribution in [-0.4, -0.2) is 23.2 Å². The van der Waals surface area contributed by atoms with E-state index >= 15 is 0 Å². The molecule has 0 unspecified atom stereocenters. The van der Waals surface area contributed by atoms with Gasteiger partial charge in [0, 0.05) is 19.5 Å². The summed E-state index contributed by atoms with van der Waals surface area (Å²) in [6, 6.07) is 27.4. The number of benzene rings is 3. The van der Waals surface area contributed by atoms with Gasteiger partial charge in [-0.05, 0) is 0 Å². The molecule has 1 radical (unpaired) electrons. The Balaban J connectivity index is 0.00000341. The number of ether oxygens (including phenoxy) is 1. The van der Waals surface area contributed by atoms with Crippen molar-refractivity contribution in [3.05, 3.63) is 91.0 Å². The molecule has 0 aliphatic heterocycles. The van der Waals surface area contributed by atoms with Gasteiger partial charge in [0.25, 0.3) is 0 Å². The predicted molar refractivity (Wildman–Crippen MR) is 118 cm³/mol. The van der Waals surface area contributed by atoms with Gasteiger partial charge in [0.2, 0.25) is 0 Å². The third kappa shape index (κ3) is 5.28. The number of rotatable bonds is 7. The smallest absolute Gasteiger partial charge is 0 e. The summed E-state index contributed by atoms with van der Waals surface area (Å²) >= 11 is 0. The van der Waals surface area contributed by atoms with Crippen molar-refractivity contribution in [1.82, 2.24) is 0 Å². The summed E-state index contributed by atoms with van der Waals surface area (Å²) < 4.78 is 5.12. The molecule has 3 aromatic carbocycles. The van der Waals surface area contributed by atoms with Crippen LogP contribution in [-0.2, 0) is 38.6 Å². The molecule has 31 heavy (non-hydrogen) atoms. The van der Waals surface area contributed by atoms with Crippen molar-refractivity contribution >= 4 is 46.4 Å². The van der Waals surface area contributed by atoms with E-state index in [-0.39, 0.29) is 19.5 Å². The first-order chi connectivity index (χ1) is 14.5. The normalized spacial score (nSPS) is 11.0. The van der Waals surface area contributed by atoms with E-state index in [4.69, 9.17) is 4.74 Å². The molecule has 3 rings (SSSR count). The Morgan fingerprint density at radius 2 is 1.03 bits per heavy atom. The summed E-state index contributed by atoms with van der Waals surface area (Å²) in [4.78, 5) is 49.1. The van der Waals surface area contributed by atoms with Crippen LogP contribution in [0.4, 0.5) is 4.79 Å². The first-order valence-electron chi connectivity index (χ1n) is 9.41. The number of Topliss-reactive ketones (excluding diaryl/α,β-unsaturated/α-hetero) is 2. The Labute approximate surface area is 193 Å². The molecule has 0 saturated carbocycles. The Hall–Kier alpha value is -2.81. The zero-order valence-corrected chi connectivity index (χ0v) is 19.4. The van der Waals surface area contributed by atoms with Gasteiger partial charge in [0.15, 0.2) is 0 Å². The van der Waals surface area contributed by atoms with Crippen LogP contribution < -0.4 is 15.9 Å². The number of hydrogen-bond donors (Lipinski definition) is 0. The van der Waals surface area contributed by atoms with Gasteiger partial charge in [-0.2, -0.15) is 0 Å². The fourth-order valence-corrected chi connectivity index (χ4v) is 7.46. The summed E-state index contributed by atoms with van der Waals surface area (Å²) in [5.74, 6) is -2.81. The van der Waals surface area contributed by atoms with Gasteiger partial charge in [-0.3, -0.25) is 0 Å². The van der Waals surface area contributed by atoms with Crippen molar-refractivity contribution in [2.24, 2.45) is 0 Å². The fourth-order valence-electron chi connectivity index (χ4n) is 3.43.